The smallest absolute Gasteiger partial charge is 0.326 e. The Morgan fingerprint density at radius 3 is 2.32 bits per heavy atom. The van der Waals surface area contributed by atoms with Crippen molar-refractivity contribution in [2.75, 3.05) is 18.8 Å². The van der Waals surface area contributed by atoms with Gasteiger partial charge in [-0.25, -0.2) is 17.5 Å². The maximum atomic E-state index is 12.0. The van der Waals surface area contributed by atoms with Gasteiger partial charge < -0.3 is 10.4 Å². The topological polar surface area (TPSA) is 104 Å². The Bertz CT molecular complexity index is 483. The SMILES string of the molecule is CC(C)C[C@H](NC(=O)CCCS(=O)(=O)N1CCCC1)C(=O)O. The zero-order chi connectivity index (χ0) is 16.8. The van der Waals surface area contributed by atoms with E-state index in [4.69, 9.17) is 5.11 Å². The Kier molecular flexibility index (Phi) is 7.28. The lowest BCUT2D eigenvalue weighted by atomic mass is 10.0. The fraction of sp³-hybridized carbons (Fsp3) is 0.857. The van der Waals surface area contributed by atoms with Crippen molar-refractivity contribution in [3.05, 3.63) is 0 Å². The van der Waals surface area contributed by atoms with Gasteiger partial charge in [0, 0.05) is 19.5 Å². The molecule has 1 saturated heterocycles. The second-order valence-electron chi connectivity index (χ2n) is 6.11. The van der Waals surface area contributed by atoms with Crippen LogP contribution in [0.1, 0.15) is 46.0 Å². The lowest BCUT2D eigenvalue weighted by Gasteiger charge is -2.17. The number of nitrogens with zero attached hydrogens (tertiary/aromatic N) is 1. The summed E-state index contributed by atoms with van der Waals surface area (Å²) < 4.78 is 25.4. The van der Waals surface area contributed by atoms with E-state index in [1.807, 2.05) is 13.8 Å². The molecule has 1 fully saturated rings. The Morgan fingerprint density at radius 1 is 1.23 bits per heavy atom. The van der Waals surface area contributed by atoms with Crippen LogP contribution in [0.25, 0.3) is 0 Å². The molecule has 8 heteroatoms. The van der Waals surface area contributed by atoms with Gasteiger partial charge in [-0.1, -0.05) is 13.8 Å². The van der Waals surface area contributed by atoms with Crippen LogP contribution in [0.4, 0.5) is 0 Å². The molecule has 0 spiro atoms. The summed E-state index contributed by atoms with van der Waals surface area (Å²) >= 11 is 0. The number of aliphatic carboxylic acids is 1. The summed E-state index contributed by atoms with van der Waals surface area (Å²) in [5, 5.41) is 11.5. The summed E-state index contributed by atoms with van der Waals surface area (Å²) in [5.74, 6) is -1.39. The van der Waals surface area contributed by atoms with Crippen LogP contribution < -0.4 is 5.32 Å². The van der Waals surface area contributed by atoms with Crippen LogP contribution in [0.2, 0.25) is 0 Å². The third-order valence-electron chi connectivity index (χ3n) is 3.60. The predicted molar refractivity (Wildman–Crippen MR) is 82.8 cm³/mol. The monoisotopic (exact) mass is 334 g/mol. The van der Waals surface area contributed by atoms with Gasteiger partial charge >= 0.3 is 5.97 Å². The summed E-state index contributed by atoms with van der Waals surface area (Å²) in [6, 6.07) is -0.914. The summed E-state index contributed by atoms with van der Waals surface area (Å²) in [5.41, 5.74) is 0. The first kappa shape index (κ1) is 18.9. The second-order valence-corrected chi connectivity index (χ2v) is 8.20. The Balaban J connectivity index is 2.37. The highest BCUT2D eigenvalue weighted by atomic mass is 32.2. The van der Waals surface area contributed by atoms with E-state index in [9.17, 15) is 18.0 Å². The molecule has 0 saturated carbocycles. The Morgan fingerprint density at radius 2 is 1.82 bits per heavy atom. The van der Waals surface area contributed by atoms with Gasteiger partial charge in [0.1, 0.15) is 6.04 Å². The largest absolute Gasteiger partial charge is 0.480 e. The number of carbonyl (C=O) groups is 2. The van der Waals surface area contributed by atoms with Crippen molar-refractivity contribution in [1.29, 1.82) is 0 Å². The minimum absolute atomic E-state index is 0.0228. The molecule has 1 aliphatic rings. The molecule has 1 amide bonds. The molecule has 128 valence electrons. The number of amides is 1. The first-order valence-corrected chi connectivity index (χ1v) is 9.33. The number of hydrogen-bond acceptors (Lipinski definition) is 4. The van der Waals surface area contributed by atoms with E-state index in [1.165, 1.54) is 4.31 Å². The zero-order valence-electron chi connectivity index (χ0n) is 13.2. The molecule has 0 aromatic heterocycles. The number of rotatable bonds is 9. The average Bonchev–Trinajstić information content (AvgIpc) is 2.91. The maximum absolute atomic E-state index is 12.0. The van der Waals surface area contributed by atoms with Gasteiger partial charge in [-0.05, 0) is 31.6 Å². The molecule has 0 radical (unpaired) electrons. The molecule has 0 bridgehead atoms. The molecule has 2 N–H and O–H groups in total. The van der Waals surface area contributed by atoms with Crippen molar-refractivity contribution in [2.45, 2.75) is 52.0 Å². The van der Waals surface area contributed by atoms with Crippen LogP contribution in [0.15, 0.2) is 0 Å². The quantitative estimate of drug-likeness (QED) is 0.649. The van der Waals surface area contributed by atoms with Crippen LogP contribution >= 0.6 is 0 Å². The van der Waals surface area contributed by atoms with Crippen LogP contribution in [0, 0.1) is 5.92 Å². The van der Waals surface area contributed by atoms with Crippen molar-refractivity contribution < 1.29 is 23.1 Å². The molecule has 22 heavy (non-hydrogen) atoms. The number of hydrogen-bond donors (Lipinski definition) is 2. The van der Waals surface area contributed by atoms with Crippen molar-refractivity contribution in [3.63, 3.8) is 0 Å². The van der Waals surface area contributed by atoms with Gasteiger partial charge in [0.25, 0.3) is 0 Å². The molecule has 1 rings (SSSR count). The van der Waals surface area contributed by atoms with Crippen LogP contribution in [0.3, 0.4) is 0 Å². The number of carbonyl (C=O) groups excluding carboxylic acids is 1. The molecule has 1 heterocycles. The highest BCUT2D eigenvalue weighted by Crippen LogP contribution is 2.14. The van der Waals surface area contributed by atoms with Gasteiger partial charge in [0.05, 0.1) is 5.75 Å². The fourth-order valence-corrected chi connectivity index (χ4v) is 4.05. The van der Waals surface area contributed by atoms with Gasteiger partial charge in [-0.15, -0.1) is 0 Å². The lowest BCUT2D eigenvalue weighted by Crippen LogP contribution is -2.41. The van der Waals surface area contributed by atoms with Gasteiger partial charge in [0.2, 0.25) is 15.9 Å². The van der Waals surface area contributed by atoms with Gasteiger partial charge in [-0.2, -0.15) is 0 Å². The highest BCUT2D eigenvalue weighted by molar-refractivity contribution is 7.89. The fourth-order valence-electron chi connectivity index (χ4n) is 2.47. The molecule has 7 nitrogen and oxygen atoms in total. The molecule has 1 atom stereocenters. The molecule has 0 aromatic carbocycles. The molecule has 0 aromatic rings. The lowest BCUT2D eigenvalue weighted by molar-refractivity contribution is -0.142. The van der Waals surface area contributed by atoms with E-state index in [2.05, 4.69) is 5.32 Å². The number of carboxylic acids is 1. The number of carboxylic acid groups (broad SMARTS) is 1. The van der Waals surface area contributed by atoms with E-state index in [0.717, 1.165) is 12.8 Å². The summed E-state index contributed by atoms with van der Waals surface area (Å²) in [6.07, 6.45) is 2.35. The molecule has 0 aliphatic carbocycles. The predicted octanol–water partition coefficient (Wildman–Crippen LogP) is 0.808. The van der Waals surface area contributed by atoms with Crippen LogP contribution in [0.5, 0.6) is 0 Å². The Labute approximate surface area is 132 Å². The van der Waals surface area contributed by atoms with Gasteiger partial charge in [0.15, 0.2) is 0 Å². The average molecular weight is 334 g/mol. The summed E-state index contributed by atoms with van der Waals surface area (Å²) in [6.45, 7) is 4.88. The van der Waals surface area contributed by atoms with Crippen molar-refractivity contribution in [1.82, 2.24) is 9.62 Å². The van der Waals surface area contributed by atoms with E-state index < -0.39 is 27.9 Å². The normalized spacial score (nSPS) is 17.6. The summed E-state index contributed by atoms with van der Waals surface area (Å²) in [7, 11) is -3.28. The minimum atomic E-state index is -3.28. The first-order valence-electron chi connectivity index (χ1n) is 7.72. The van der Waals surface area contributed by atoms with E-state index in [1.54, 1.807) is 0 Å². The number of nitrogens with one attached hydrogen (secondary N) is 1. The van der Waals surface area contributed by atoms with Crippen molar-refractivity contribution in [3.8, 4) is 0 Å². The third kappa shape index (κ3) is 6.31. The van der Waals surface area contributed by atoms with E-state index in [-0.39, 0.29) is 24.5 Å². The van der Waals surface area contributed by atoms with Crippen LogP contribution in [-0.4, -0.2) is 54.6 Å². The molecular formula is C14H26N2O5S. The highest BCUT2D eigenvalue weighted by Gasteiger charge is 2.25. The van der Waals surface area contributed by atoms with E-state index in [0.29, 0.717) is 19.5 Å². The molecule has 1 aliphatic heterocycles. The third-order valence-corrected chi connectivity index (χ3v) is 5.56. The maximum Gasteiger partial charge on any atom is 0.326 e. The summed E-state index contributed by atoms with van der Waals surface area (Å²) in [4.78, 5) is 22.8. The second kappa shape index (κ2) is 8.47. The van der Waals surface area contributed by atoms with E-state index >= 15 is 0 Å². The van der Waals surface area contributed by atoms with Crippen molar-refractivity contribution >= 4 is 21.9 Å². The first-order chi connectivity index (χ1) is 10.2. The number of sulfonamides is 1. The standard InChI is InChI=1S/C14H26N2O5S/c1-11(2)10-12(14(18)19)15-13(17)6-5-9-22(20,21)16-7-3-4-8-16/h11-12H,3-10H2,1-2H3,(H,15,17)(H,18,19)/t12-/m0/s1. The van der Waals surface area contributed by atoms with Gasteiger partial charge in [-0.3, -0.25) is 4.79 Å². The molecule has 0 unspecified atom stereocenters. The zero-order valence-corrected chi connectivity index (χ0v) is 14.1. The minimum Gasteiger partial charge on any atom is -0.480 e. The Hall–Kier alpha value is -1.15. The van der Waals surface area contributed by atoms with Crippen molar-refractivity contribution in [2.24, 2.45) is 5.92 Å². The van der Waals surface area contributed by atoms with Crippen LogP contribution in [-0.2, 0) is 19.6 Å². The molecular weight excluding hydrogens is 308 g/mol.